The maximum atomic E-state index is 11.6. The number of benzene rings is 2. The monoisotopic (exact) mass is 535 g/mol. The molecule has 0 amide bonds. The van der Waals surface area contributed by atoms with E-state index in [2.05, 4.69) is 30.1 Å². The highest BCUT2D eigenvalue weighted by Gasteiger charge is 2.22. The molecule has 198 valence electrons. The lowest BCUT2D eigenvalue weighted by molar-refractivity contribution is -0.384. The molecule has 38 heavy (non-hydrogen) atoms. The quantitative estimate of drug-likeness (QED) is 0.131. The molecule has 1 aliphatic rings. The predicted octanol–water partition coefficient (Wildman–Crippen LogP) is 4.41. The lowest BCUT2D eigenvalue weighted by Gasteiger charge is -2.37. The molecule has 12 heteroatoms. The van der Waals surface area contributed by atoms with Crippen molar-refractivity contribution < 1.29 is 14.4 Å². The van der Waals surface area contributed by atoms with Gasteiger partial charge in [0.05, 0.1) is 30.2 Å². The summed E-state index contributed by atoms with van der Waals surface area (Å²) in [6.07, 6.45) is 0. The summed E-state index contributed by atoms with van der Waals surface area (Å²) in [5.41, 5.74) is 2.89. The number of ether oxygens (including phenoxy) is 2. The number of para-hydroxylation sites is 2. The summed E-state index contributed by atoms with van der Waals surface area (Å²) in [5.74, 6) is 3.15. The van der Waals surface area contributed by atoms with Gasteiger partial charge in [-0.1, -0.05) is 23.9 Å². The highest BCUT2D eigenvalue weighted by atomic mass is 32.2. The second kappa shape index (κ2) is 11.5. The Morgan fingerprint density at radius 1 is 1.00 bits per heavy atom. The molecule has 0 aliphatic carbocycles. The molecule has 1 saturated heterocycles. The van der Waals surface area contributed by atoms with Crippen molar-refractivity contribution in [3.05, 3.63) is 64.7 Å². The fourth-order valence-electron chi connectivity index (χ4n) is 4.38. The van der Waals surface area contributed by atoms with Crippen LogP contribution in [0.15, 0.2) is 59.8 Å². The maximum absolute atomic E-state index is 11.6. The van der Waals surface area contributed by atoms with Crippen LogP contribution in [0.25, 0.3) is 11.0 Å². The van der Waals surface area contributed by atoms with Gasteiger partial charge in [-0.15, -0.1) is 0 Å². The smallest absolute Gasteiger partial charge is 0.311 e. The minimum atomic E-state index is -0.403. The molecule has 0 unspecified atom stereocenters. The molecular formula is C26H29N7O4S. The highest BCUT2D eigenvalue weighted by molar-refractivity contribution is 7.99. The van der Waals surface area contributed by atoms with Crippen LogP contribution in [-0.2, 0) is 0 Å². The summed E-state index contributed by atoms with van der Waals surface area (Å²) in [4.78, 5) is 28.1. The number of nitrogens with one attached hydrogen (secondary N) is 2. The molecular weight excluding hydrogens is 506 g/mol. The number of imidazole rings is 1. The van der Waals surface area contributed by atoms with E-state index >= 15 is 0 Å². The van der Waals surface area contributed by atoms with Crippen molar-refractivity contribution in [2.75, 3.05) is 67.8 Å². The Balaban J connectivity index is 1.21. The zero-order valence-electron chi connectivity index (χ0n) is 21.2. The number of thioether (sulfide) groups is 1. The normalized spacial score (nSPS) is 13.5. The van der Waals surface area contributed by atoms with Gasteiger partial charge in [-0.3, -0.25) is 10.1 Å². The number of hydrogen-bond acceptors (Lipinski definition) is 10. The molecule has 3 heterocycles. The molecule has 0 spiro atoms. The lowest BCUT2D eigenvalue weighted by Crippen LogP contribution is -2.46. The van der Waals surface area contributed by atoms with E-state index in [0.29, 0.717) is 18.1 Å². The van der Waals surface area contributed by atoms with Crippen LogP contribution in [0.5, 0.6) is 11.5 Å². The average Bonchev–Trinajstić information content (AvgIpc) is 3.38. The first-order valence-electron chi connectivity index (χ1n) is 12.2. The Hall–Kier alpha value is -4.19. The number of pyridine rings is 1. The predicted molar refractivity (Wildman–Crippen MR) is 150 cm³/mol. The fraction of sp³-hybridized carbons (Fsp3) is 0.308. The van der Waals surface area contributed by atoms with Crippen LogP contribution < -0.4 is 24.6 Å². The summed E-state index contributed by atoms with van der Waals surface area (Å²) in [6.45, 7) is 3.50. The number of methoxy groups -OCH3 is 2. The van der Waals surface area contributed by atoms with Crippen molar-refractivity contribution >= 4 is 45.8 Å². The molecule has 1 fully saturated rings. The van der Waals surface area contributed by atoms with Gasteiger partial charge >= 0.3 is 5.69 Å². The van der Waals surface area contributed by atoms with Crippen molar-refractivity contribution in [2.45, 2.75) is 5.16 Å². The molecule has 4 aromatic rings. The van der Waals surface area contributed by atoms with E-state index in [1.54, 1.807) is 32.0 Å². The van der Waals surface area contributed by atoms with Gasteiger partial charge in [0, 0.05) is 68.4 Å². The first kappa shape index (κ1) is 25.5. The minimum Gasteiger partial charge on any atom is -0.497 e. The zero-order valence-corrected chi connectivity index (χ0v) is 22.0. The summed E-state index contributed by atoms with van der Waals surface area (Å²) >= 11 is 1.55. The number of piperazine rings is 1. The molecule has 2 aromatic heterocycles. The van der Waals surface area contributed by atoms with E-state index in [-0.39, 0.29) is 11.5 Å². The number of fused-ring (bicyclic) bond motifs is 1. The summed E-state index contributed by atoms with van der Waals surface area (Å²) in [7, 11) is 3.28. The Morgan fingerprint density at radius 2 is 1.71 bits per heavy atom. The topological polar surface area (TPSA) is 122 Å². The largest absolute Gasteiger partial charge is 0.497 e. The van der Waals surface area contributed by atoms with Crippen molar-refractivity contribution in [1.82, 2.24) is 15.0 Å². The summed E-state index contributed by atoms with van der Waals surface area (Å²) in [6, 6.07) is 16.9. The van der Waals surface area contributed by atoms with Gasteiger partial charge in [0.25, 0.3) is 0 Å². The van der Waals surface area contributed by atoms with E-state index in [9.17, 15) is 10.1 Å². The lowest BCUT2D eigenvalue weighted by atomic mass is 10.2. The van der Waals surface area contributed by atoms with E-state index in [4.69, 9.17) is 9.47 Å². The Labute approximate surface area is 224 Å². The molecule has 0 saturated carbocycles. The molecule has 2 N–H and O–H groups in total. The SMILES string of the molecule is COc1cc(OC)cc(N2CCN(c3ccc([N+](=O)[O-])c(NCCSc4nc5ccccc5[nH]4)n3)CC2)c1. The Morgan fingerprint density at radius 3 is 2.39 bits per heavy atom. The number of hydrogen-bond donors (Lipinski definition) is 2. The zero-order chi connectivity index (χ0) is 26.5. The van der Waals surface area contributed by atoms with Gasteiger partial charge in [0.1, 0.15) is 17.3 Å². The third-order valence-electron chi connectivity index (χ3n) is 6.36. The van der Waals surface area contributed by atoms with Crippen molar-refractivity contribution in [3.8, 4) is 11.5 Å². The van der Waals surface area contributed by atoms with Crippen LogP contribution in [0.2, 0.25) is 0 Å². The highest BCUT2D eigenvalue weighted by Crippen LogP contribution is 2.31. The Bertz CT molecular complexity index is 1370. The third-order valence-corrected chi connectivity index (χ3v) is 7.24. The van der Waals surface area contributed by atoms with Crippen molar-refractivity contribution in [3.63, 3.8) is 0 Å². The third kappa shape index (κ3) is 5.70. The fourth-order valence-corrected chi connectivity index (χ4v) is 5.12. The first-order chi connectivity index (χ1) is 18.5. The number of aromatic amines is 1. The Kier molecular flexibility index (Phi) is 7.68. The van der Waals surface area contributed by atoms with Crippen LogP contribution in [0, 0.1) is 10.1 Å². The van der Waals surface area contributed by atoms with Gasteiger partial charge in [0.2, 0.25) is 5.82 Å². The van der Waals surface area contributed by atoms with E-state index < -0.39 is 4.92 Å². The van der Waals surface area contributed by atoms with Gasteiger partial charge in [-0.05, 0) is 18.2 Å². The number of rotatable bonds is 10. The van der Waals surface area contributed by atoms with Gasteiger partial charge in [-0.25, -0.2) is 9.97 Å². The minimum absolute atomic E-state index is 0.0374. The van der Waals surface area contributed by atoms with E-state index in [1.165, 1.54) is 6.07 Å². The summed E-state index contributed by atoms with van der Waals surface area (Å²) < 4.78 is 10.8. The number of nitrogens with zero attached hydrogens (tertiary/aromatic N) is 5. The molecule has 0 atom stereocenters. The number of aromatic nitrogens is 3. The van der Waals surface area contributed by atoms with Crippen LogP contribution >= 0.6 is 11.8 Å². The first-order valence-corrected chi connectivity index (χ1v) is 13.2. The second-order valence-electron chi connectivity index (χ2n) is 8.67. The standard InChI is InChI=1S/C26H29N7O4S/c1-36-19-15-18(16-20(17-19)37-2)31-10-12-32(13-11-31)24-8-7-23(33(34)35)25(30-24)27-9-14-38-26-28-21-5-3-4-6-22(21)29-26/h3-8,15-17H,9-14H2,1-2H3,(H,27,30)(H,28,29). The molecule has 0 bridgehead atoms. The van der Waals surface area contributed by atoms with E-state index in [0.717, 1.165) is 59.6 Å². The molecule has 5 rings (SSSR count). The van der Waals surface area contributed by atoms with Crippen LogP contribution in [0.3, 0.4) is 0 Å². The van der Waals surface area contributed by atoms with Gasteiger partial charge in [-0.2, -0.15) is 0 Å². The molecule has 1 aliphatic heterocycles. The van der Waals surface area contributed by atoms with Crippen LogP contribution in [0.1, 0.15) is 0 Å². The maximum Gasteiger partial charge on any atom is 0.311 e. The van der Waals surface area contributed by atoms with Crippen LogP contribution in [-0.4, -0.2) is 72.6 Å². The van der Waals surface area contributed by atoms with E-state index in [1.807, 2.05) is 42.5 Å². The molecule has 2 aromatic carbocycles. The molecule has 0 radical (unpaired) electrons. The second-order valence-corrected chi connectivity index (χ2v) is 9.76. The van der Waals surface area contributed by atoms with Crippen molar-refractivity contribution in [2.24, 2.45) is 0 Å². The number of H-pyrrole nitrogens is 1. The van der Waals surface area contributed by atoms with Crippen molar-refractivity contribution in [1.29, 1.82) is 0 Å². The van der Waals surface area contributed by atoms with Gasteiger partial charge in [0.15, 0.2) is 5.16 Å². The van der Waals surface area contributed by atoms with Gasteiger partial charge < -0.3 is 29.6 Å². The number of nitro groups is 1. The van der Waals surface area contributed by atoms with Crippen LogP contribution in [0.4, 0.5) is 23.0 Å². The summed E-state index contributed by atoms with van der Waals surface area (Å²) in [5, 5.41) is 15.6. The molecule has 11 nitrogen and oxygen atoms in total. The average molecular weight is 536 g/mol. The number of anilines is 3.